The maximum atomic E-state index is 14.6. The summed E-state index contributed by atoms with van der Waals surface area (Å²) in [6.07, 6.45) is 8.50. The number of rotatable bonds is 12. The van der Waals surface area contributed by atoms with Crippen LogP contribution in [-0.4, -0.2) is 116 Å². The number of nitro benzene ring substituents is 1. The summed E-state index contributed by atoms with van der Waals surface area (Å²) in [5.41, 5.74) is 4.77. The Morgan fingerprint density at radius 1 is 0.958 bits per heavy atom. The molecule has 0 bridgehead atoms. The van der Waals surface area contributed by atoms with E-state index in [0.717, 1.165) is 81.9 Å². The van der Waals surface area contributed by atoms with Crippen LogP contribution >= 0.6 is 0 Å². The Balaban J connectivity index is 0.857. The van der Waals surface area contributed by atoms with Crippen LogP contribution < -0.4 is 24.6 Å². The van der Waals surface area contributed by atoms with E-state index in [0.29, 0.717) is 74.1 Å². The molecule has 71 heavy (non-hydrogen) atoms. The normalized spacial score (nSPS) is 25.6. The summed E-state index contributed by atoms with van der Waals surface area (Å²) in [5, 5.41) is 26.7. The van der Waals surface area contributed by atoms with Crippen molar-refractivity contribution in [2.45, 2.75) is 113 Å². The molecule has 4 aliphatic heterocycles. The average molecular weight is 989 g/mol. The van der Waals surface area contributed by atoms with E-state index in [1.807, 2.05) is 36.1 Å². The lowest BCUT2D eigenvalue weighted by Crippen LogP contribution is -2.58. The van der Waals surface area contributed by atoms with Gasteiger partial charge in [-0.1, -0.05) is 38.1 Å². The predicted octanol–water partition coefficient (Wildman–Crippen LogP) is 8.19. The average Bonchev–Trinajstić information content (AvgIpc) is 4.03. The zero-order chi connectivity index (χ0) is 49.2. The maximum absolute atomic E-state index is 14.6. The third kappa shape index (κ3) is 9.22. The number of ether oxygens (including phenoxy) is 3. The third-order valence-corrected chi connectivity index (χ3v) is 17.8. The molecule has 5 fully saturated rings. The van der Waals surface area contributed by atoms with E-state index in [1.54, 1.807) is 12.3 Å². The fraction of sp³-hybridized carbons (Fsp3) is 0.509. The number of aliphatic hydroxyl groups is 1. The fourth-order valence-corrected chi connectivity index (χ4v) is 13.3. The number of sulfonamides is 1. The van der Waals surface area contributed by atoms with E-state index in [-0.39, 0.29) is 34.7 Å². The Bertz CT molecular complexity index is 2940. The number of nitrogens with zero attached hydrogens (tertiary/aromatic N) is 5. The van der Waals surface area contributed by atoms with Gasteiger partial charge >= 0.3 is 0 Å². The molecule has 0 radical (unpaired) electrons. The van der Waals surface area contributed by atoms with Crippen LogP contribution in [0.25, 0.3) is 11.0 Å². The van der Waals surface area contributed by atoms with Crippen LogP contribution in [0.15, 0.2) is 83.9 Å². The first-order valence-corrected chi connectivity index (χ1v) is 26.8. The number of morpholine rings is 1. The quantitative estimate of drug-likeness (QED) is 0.0688. The van der Waals surface area contributed by atoms with Gasteiger partial charge in [0.2, 0.25) is 5.88 Å². The highest BCUT2D eigenvalue weighted by molar-refractivity contribution is 7.90. The zero-order valence-electron chi connectivity index (χ0n) is 40.6. The second-order valence-electron chi connectivity index (χ2n) is 21.4. The molecule has 3 atom stereocenters. The number of nitrogens with one attached hydrogen (secondary N) is 3. The van der Waals surface area contributed by atoms with Gasteiger partial charge in [0, 0.05) is 55.6 Å². The second kappa shape index (κ2) is 18.7. The standard InChI is InChI=1S/C53H64N8O9S/c1-33(2)39-6-4-5-7-40(39)46-30-68-23-22-59(46)37-27-53(28-37)17-20-58(21-18-53)36-8-10-41(43(25-36)60-45-24-35-14-19-54-49(35)56-51(45)70-48-32-69-31-47(48)60)50(62)57-71(66,67)38-9-11-42(44(26-38)61(64)65)55-29-34-12-15-52(3,63)16-13-34/h4-11,14,19,24-26,33-34,37,46-48,55,63H,12-13,15-18,20-23,27-32H2,1-3H3,(H,54,56)(H,57,62)/t34?,46-,47+,48+,52?/m0/s1. The largest absolute Gasteiger partial charge is 0.468 e. The SMILES string of the molecule is CC(C)c1ccccc1[C@@H]1COCCN1C1CC2(CCN(c3ccc(C(=O)NS(=O)(=O)c4ccc(NCC5CCC(C)(O)CC5)c([N+](=O)[O-])c4)c(N4c5cc6cc[nH]c6nc5O[C@@H]5COC[C@H]54)c3)CC2)C1. The molecule has 11 rings (SSSR count). The monoisotopic (exact) mass is 988 g/mol. The minimum Gasteiger partial charge on any atom is -0.468 e. The number of amides is 1. The van der Waals surface area contributed by atoms with Crippen LogP contribution in [0.2, 0.25) is 0 Å². The number of fused-ring (bicyclic) bond motifs is 3. The Morgan fingerprint density at radius 2 is 1.75 bits per heavy atom. The Hall–Kier alpha value is -5.79. The van der Waals surface area contributed by atoms with Crippen molar-refractivity contribution in [2.75, 3.05) is 67.7 Å². The van der Waals surface area contributed by atoms with Gasteiger partial charge in [0.1, 0.15) is 23.1 Å². The third-order valence-electron chi connectivity index (χ3n) is 16.4. The van der Waals surface area contributed by atoms with E-state index in [4.69, 9.17) is 19.2 Å². The van der Waals surface area contributed by atoms with Gasteiger partial charge in [0.15, 0.2) is 0 Å². The minimum atomic E-state index is -4.62. The molecule has 6 heterocycles. The molecule has 1 spiro atoms. The summed E-state index contributed by atoms with van der Waals surface area (Å²) in [6, 6.07) is 22.2. The van der Waals surface area contributed by atoms with E-state index in [9.17, 15) is 28.4 Å². The first kappa shape index (κ1) is 47.5. The predicted molar refractivity (Wildman–Crippen MR) is 270 cm³/mol. The number of benzene rings is 3. The van der Waals surface area contributed by atoms with Crippen molar-refractivity contribution in [1.29, 1.82) is 0 Å². The molecule has 17 nitrogen and oxygen atoms in total. The van der Waals surface area contributed by atoms with Gasteiger partial charge in [-0.2, -0.15) is 4.98 Å². The van der Waals surface area contributed by atoms with Crippen molar-refractivity contribution in [3.63, 3.8) is 0 Å². The van der Waals surface area contributed by atoms with Crippen molar-refractivity contribution in [3.05, 3.63) is 106 Å². The van der Waals surface area contributed by atoms with Gasteiger partial charge in [0.05, 0.1) is 65.2 Å². The molecule has 2 aliphatic carbocycles. The lowest BCUT2D eigenvalue weighted by atomic mass is 9.59. The van der Waals surface area contributed by atoms with Crippen molar-refractivity contribution in [1.82, 2.24) is 19.6 Å². The summed E-state index contributed by atoms with van der Waals surface area (Å²) in [7, 11) is -4.62. The van der Waals surface area contributed by atoms with Crippen LogP contribution in [0.1, 0.15) is 106 Å². The lowest BCUT2D eigenvalue weighted by Gasteiger charge is -2.57. The van der Waals surface area contributed by atoms with Gasteiger partial charge in [0.25, 0.3) is 21.6 Å². The summed E-state index contributed by atoms with van der Waals surface area (Å²) >= 11 is 0. The molecule has 18 heteroatoms. The second-order valence-corrected chi connectivity index (χ2v) is 23.1. The van der Waals surface area contributed by atoms with Gasteiger partial charge in [-0.25, -0.2) is 13.1 Å². The molecule has 6 aliphatic rings. The molecule has 3 aromatic carbocycles. The fourth-order valence-electron chi connectivity index (χ4n) is 12.3. The summed E-state index contributed by atoms with van der Waals surface area (Å²) < 4.78 is 49.0. The maximum Gasteiger partial charge on any atom is 0.293 e. The highest BCUT2D eigenvalue weighted by Crippen LogP contribution is 2.54. The Morgan fingerprint density at radius 3 is 2.52 bits per heavy atom. The lowest BCUT2D eigenvalue weighted by molar-refractivity contribution is -0.384. The zero-order valence-corrected chi connectivity index (χ0v) is 41.5. The van der Waals surface area contributed by atoms with Crippen LogP contribution in [0.4, 0.5) is 28.4 Å². The molecule has 3 saturated heterocycles. The summed E-state index contributed by atoms with van der Waals surface area (Å²) in [5.74, 6) is 0.0985. The highest BCUT2D eigenvalue weighted by Gasteiger charge is 2.50. The number of carbonyl (C=O) groups excluding carboxylic acids is 1. The molecule has 5 aromatic rings. The van der Waals surface area contributed by atoms with Crippen molar-refractivity contribution >= 4 is 55.4 Å². The minimum absolute atomic E-state index is 0.0960. The highest BCUT2D eigenvalue weighted by atomic mass is 32.2. The number of pyridine rings is 1. The van der Waals surface area contributed by atoms with Gasteiger partial charge < -0.3 is 39.4 Å². The number of H-pyrrole nitrogens is 1. The molecule has 1 amide bonds. The van der Waals surface area contributed by atoms with Gasteiger partial charge in [-0.3, -0.25) is 19.8 Å². The van der Waals surface area contributed by atoms with Gasteiger partial charge in [-0.05, 0) is 129 Å². The Labute approximate surface area is 414 Å². The van der Waals surface area contributed by atoms with E-state index in [1.165, 1.54) is 23.3 Å². The number of piperidine rings is 1. The summed E-state index contributed by atoms with van der Waals surface area (Å²) in [4.78, 5) is 41.0. The van der Waals surface area contributed by atoms with E-state index >= 15 is 0 Å². The number of nitro groups is 1. The van der Waals surface area contributed by atoms with Gasteiger partial charge in [-0.15, -0.1) is 0 Å². The molecular weight excluding hydrogens is 925 g/mol. The topological polar surface area (TPSA) is 205 Å². The smallest absolute Gasteiger partial charge is 0.293 e. The van der Waals surface area contributed by atoms with Crippen molar-refractivity contribution in [2.24, 2.45) is 11.3 Å². The van der Waals surface area contributed by atoms with Crippen LogP contribution in [-0.2, 0) is 19.5 Å². The number of aromatic nitrogens is 2. The molecule has 4 N–H and O–H groups in total. The molecular formula is C53H64N8O9S. The van der Waals surface area contributed by atoms with Crippen LogP contribution in [0, 0.1) is 21.4 Å². The van der Waals surface area contributed by atoms with Crippen LogP contribution in [0.3, 0.4) is 0 Å². The van der Waals surface area contributed by atoms with E-state index in [2.05, 4.69) is 62.9 Å². The summed E-state index contributed by atoms with van der Waals surface area (Å²) in [6.45, 7) is 11.4. The molecule has 376 valence electrons. The number of anilines is 4. The number of aromatic amines is 1. The molecule has 0 unspecified atom stereocenters. The number of hydrogen-bond acceptors (Lipinski definition) is 14. The van der Waals surface area contributed by atoms with Crippen LogP contribution in [0.5, 0.6) is 5.88 Å². The number of carbonyl (C=O) groups is 1. The Kier molecular flexibility index (Phi) is 12.5. The first-order valence-electron chi connectivity index (χ1n) is 25.3. The molecule has 2 aromatic heterocycles. The number of hydrogen-bond donors (Lipinski definition) is 4. The van der Waals surface area contributed by atoms with Crippen molar-refractivity contribution in [3.8, 4) is 5.88 Å². The first-order chi connectivity index (χ1) is 34.1. The van der Waals surface area contributed by atoms with Crippen molar-refractivity contribution < 1.29 is 37.5 Å². The molecule has 2 saturated carbocycles. The van der Waals surface area contributed by atoms with E-state index < -0.39 is 43.1 Å².